The van der Waals surface area contributed by atoms with E-state index >= 15 is 0 Å². The highest BCUT2D eigenvalue weighted by atomic mass is 35.5. The van der Waals surface area contributed by atoms with Gasteiger partial charge in [0.2, 0.25) is 5.88 Å². The molecule has 0 fully saturated rings. The Morgan fingerprint density at radius 3 is 2.33 bits per heavy atom. The van der Waals surface area contributed by atoms with Gasteiger partial charge in [-0.2, -0.15) is 0 Å². The summed E-state index contributed by atoms with van der Waals surface area (Å²) in [6.45, 7) is 3.99. The van der Waals surface area contributed by atoms with Crippen LogP contribution in [0.3, 0.4) is 0 Å². The number of aromatic nitrogens is 2. The zero-order chi connectivity index (χ0) is 22.0. The number of thioether (sulfide) groups is 1. The van der Waals surface area contributed by atoms with Crippen molar-refractivity contribution in [3.8, 4) is 5.88 Å². The molecule has 0 aliphatic rings. The molecular weight excluding hydrogens is 422 g/mol. The molecule has 0 amide bonds. The van der Waals surface area contributed by atoms with Gasteiger partial charge in [0.1, 0.15) is 10.6 Å². The van der Waals surface area contributed by atoms with Crippen molar-refractivity contribution in [2.75, 3.05) is 0 Å². The highest BCUT2D eigenvalue weighted by molar-refractivity contribution is 8.13. The molecule has 0 radical (unpaired) electrons. The van der Waals surface area contributed by atoms with E-state index < -0.39 is 17.1 Å². The van der Waals surface area contributed by atoms with Gasteiger partial charge in [0.25, 0.3) is 5.56 Å². The number of hydrogen-bond acceptors (Lipinski definition) is 5. The van der Waals surface area contributed by atoms with Crippen molar-refractivity contribution < 1.29 is 5.11 Å². The predicted molar refractivity (Wildman–Crippen MR) is 123 cm³/mol. The molecule has 0 saturated heterocycles. The molecule has 3 aromatic rings. The molecule has 1 heterocycles. The van der Waals surface area contributed by atoms with Crippen LogP contribution in [0.25, 0.3) is 0 Å². The molecule has 1 N–H and O–H groups in total. The van der Waals surface area contributed by atoms with Crippen LogP contribution >= 0.6 is 23.4 Å². The van der Waals surface area contributed by atoms with E-state index in [-0.39, 0.29) is 5.56 Å². The summed E-state index contributed by atoms with van der Waals surface area (Å²) in [5, 5.41) is 11.6. The average Bonchev–Trinajstić information content (AvgIpc) is 2.72. The topological polar surface area (TPSA) is 76.6 Å². The van der Waals surface area contributed by atoms with Crippen LogP contribution in [0.1, 0.15) is 22.3 Å². The van der Waals surface area contributed by atoms with Gasteiger partial charge in [0, 0.05) is 24.9 Å². The Kier molecular flexibility index (Phi) is 6.53. The Balaban J connectivity index is 2.13. The highest BCUT2D eigenvalue weighted by Crippen LogP contribution is 2.27. The second-order valence-corrected chi connectivity index (χ2v) is 8.41. The minimum atomic E-state index is -0.602. The summed E-state index contributed by atoms with van der Waals surface area (Å²) in [4.78, 5) is 29.7. The molecule has 0 saturated carbocycles. The molecule has 0 atom stereocenters. The first-order valence-electron chi connectivity index (χ1n) is 9.21. The fraction of sp³-hybridized carbons (Fsp3) is 0.227. The molecule has 0 unspecified atom stereocenters. The summed E-state index contributed by atoms with van der Waals surface area (Å²) in [5.41, 5.74) is 2.64. The Hall–Kier alpha value is -2.77. The maximum absolute atomic E-state index is 12.8. The van der Waals surface area contributed by atoms with Crippen LogP contribution in [-0.4, -0.2) is 19.3 Å². The number of benzene rings is 2. The summed E-state index contributed by atoms with van der Waals surface area (Å²) in [6.07, 6.45) is 0. The quantitative estimate of drug-likeness (QED) is 0.487. The number of nitrogens with zero attached hydrogens (tertiary/aromatic N) is 3. The lowest BCUT2D eigenvalue weighted by atomic mass is 10.1. The molecule has 0 aliphatic heterocycles. The van der Waals surface area contributed by atoms with Crippen LogP contribution in [-0.2, 0) is 19.8 Å². The standard InChI is InChI=1S/C22H22ClN3O3S/c1-13-5-10-17(11-14(13)2)24-19(30-12-15-6-8-16(23)9-7-15)18-20(27)25(3)22(29)26(4)21(18)28/h5-11,27H,12H2,1-4H3. The largest absolute Gasteiger partial charge is 0.494 e. The van der Waals surface area contributed by atoms with E-state index in [9.17, 15) is 14.7 Å². The third-order valence-corrected chi connectivity index (χ3v) is 6.16. The van der Waals surface area contributed by atoms with Crippen molar-refractivity contribution in [1.82, 2.24) is 9.13 Å². The smallest absolute Gasteiger partial charge is 0.333 e. The van der Waals surface area contributed by atoms with Gasteiger partial charge in [0.05, 0.1) is 5.69 Å². The monoisotopic (exact) mass is 443 g/mol. The van der Waals surface area contributed by atoms with Crippen LogP contribution in [0.5, 0.6) is 5.88 Å². The number of halogens is 1. The first kappa shape index (κ1) is 21.9. The molecule has 30 heavy (non-hydrogen) atoms. The van der Waals surface area contributed by atoms with Crippen LogP contribution in [0, 0.1) is 13.8 Å². The van der Waals surface area contributed by atoms with Gasteiger partial charge >= 0.3 is 5.69 Å². The molecule has 156 valence electrons. The van der Waals surface area contributed by atoms with E-state index in [2.05, 4.69) is 4.99 Å². The van der Waals surface area contributed by atoms with Crippen molar-refractivity contribution in [3.05, 3.63) is 90.6 Å². The van der Waals surface area contributed by atoms with Crippen LogP contribution in [0.4, 0.5) is 5.69 Å². The van der Waals surface area contributed by atoms with Crippen molar-refractivity contribution in [2.45, 2.75) is 19.6 Å². The number of aryl methyl sites for hydroxylation is 2. The first-order chi connectivity index (χ1) is 14.2. The number of rotatable bonds is 4. The van der Waals surface area contributed by atoms with Crippen molar-refractivity contribution in [2.24, 2.45) is 19.1 Å². The van der Waals surface area contributed by atoms with Gasteiger partial charge < -0.3 is 5.11 Å². The lowest BCUT2D eigenvalue weighted by molar-refractivity contribution is 0.410. The molecule has 8 heteroatoms. The van der Waals surface area contributed by atoms with Gasteiger partial charge in [-0.1, -0.05) is 29.8 Å². The summed E-state index contributed by atoms with van der Waals surface area (Å²) in [6, 6.07) is 13.1. The summed E-state index contributed by atoms with van der Waals surface area (Å²) in [7, 11) is 2.79. The maximum atomic E-state index is 12.8. The number of hydrogen-bond donors (Lipinski definition) is 1. The fourth-order valence-electron chi connectivity index (χ4n) is 2.83. The molecule has 6 nitrogen and oxygen atoms in total. The Morgan fingerprint density at radius 1 is 1.03 bits per heavy atom. The Bertz CT molecular complexity index is 1240. The van der Waals surface area contributed by atoms with Gasteiger partial charge in [-0.3, -0.25) is 13.9 Å². The molecule has 2 aromatic carbocycles. The second kappa shape index (κ2) is 8.93. The minimum absolute atomic E-state index is 0.00297. The number of aromatic hydroxyl groups is 1. The lowest BCUT2D eigenvalue weighted by Crippen LogP contribution is -2.39. The molecule has 0 bridgehead atoms. The minimum Gasteiger partial charge on any atom is -0.494 e. The SMILES string of the molecule is Cc1ccc(N=C(SCc2ccc(Cl)cc2)c2c(O)n(C)c(=O)n(C)c2=O)cc1C. The third-order valence-electron chi connectivity index (χ3n) is 4.86. The molecular formula is C22H22ClN3O3S. The summed E-state index contributed by atoms with van der Waals surface area (Å²) >= 11 is 7.26. The van der Waals surface area contributed by atoms with Crippen molar-refractivity contribution >= 4 is 34.1 Å². The molecule has 1 aromatic heterocycles. The van der Waals surface area contributed by atoms with Gasteiger partial charge in [-0.05, 0) is 54.8 Å². The van der Waals surface area contributed by atoms with Crippen molar-refractivity contribution in [1.29, 1.82) is 0 Å². The van der Waals surface area contributed by atoms with E-state index in [0.717, 1.165) is 25.8 Å². The normalized spacial score (nSPS) is 11.7. The van der Waals surface area contributed by atoms with E-state index in [0.29, 0.717) is 21.5 Å². The fourth-order valence-corrected chi connectivity index (χ4v) is 3.94. The van der Waals surface area contributed by atoms with E-state index in [1.165, 1.54) is 25.9 Å². The van der Waals surface area contributed by atoms with Crippen LogP contribution in [0.2, 0.25) is 5.02 Å². The van der Waals surface area contributed by atoms with Gasteiger partial charge in [-0.15, -0.1) is 11.8 Å². The van der Waals surface area contributed by atoms with Gasteiger partial charge in [-0.25, -0.2) is 9.79 Å². The van der Waals surface area contributed by atoms with E-state index in [1.807, 2.05) is 44.2 Å². The predicted octanol–water partition coefficient (Wildman–Crippen LogP) is 4.07. The zero-order valence-corrected chi connectivity index (χ0v) is 18.7. The second-order valence-electron chi connectivity index (χ2n) is 7.01. The zero-order valence-electron chi connectivity index (χ0n) is 17.1. The Morgan fingerprint density at radius 2 is 1.70 bits per heavy atom. The first-order valence-corrected chi connectivity index (χ1v) is 10.6. The average molecular weight is 444 g/mol. The van der Waals surface area contributed by atoms with Crippen molar-refractivity contribution in [3.63, 3.8) is 0 Å². The summed E-state index contributed by atoms with van der Waals surface area (Å²) < 4.78 is 2.00. The summed E-state index contributed by atoms with van der Waals surface area (Å²) in [5.74, 6) is 0.0982. The molecule has 0 aliphatic carbocycles. The third kappa shape index (κ3) is 4.52. The lowest BCUT2D eigenvalue weighted by Gasteiger charge is -2.13. The highest BCUT2D eigenvalue weighted by Gasteiger charge is 2.21. The maximum Gasteiger partial charge on any atom is 0.333 e. The van der Waals surface area contributed by atoms with Crippen LogP contribution in [0.15, 0.2) is 57.0 Å². The molecule has 3 rings (SSSR count). The molecule has 0 spiro atoms. The van der Waals surface area contributed by atoms with E-state index in [4.69, 9.17) is 11.6 Å². The number of aliphatic imine (C=N–C) groups is 1. The van der Waals surface area contributed by atoms with Crippen LogP contribution < -0.4 is 11.2 Å². The van der Waals surface area contributed by atoms with E-state index in [1.54, 1.807) is 12.1 Å². The Labute approximate surface area is 183 Å². The van der Waals surface area contributed by atoms with Gasteiger partial charge in [0.15, 0.2) is 0 Å².